The molecule has 1 N–H and O–H groups in total. The van der Waals surface area contributed by atoms with Crippen molar-refractivity contribution >= 4 is 46.9 Å². The van der Waals surface area contributed by atoms with Crippen molar-refractivity contribution in [2.24, 2.45) is 0 Å². The van der Waals surface area contributed by atoms with Gasteiger partial charge in [-0.1, -0.05) is 17.7 Å². The van der Waals surface area contributed by atoms with Crippen molar-refractivity contribution in [1.82, 2.24) is 5.32 Å². The van der Waals surface area contributed by atoms with E-state index >= 15 is 0 Å². The molecule has 0 spiro atoms. The van der Waals surface area contributed by atoms with Gasteiger partial charge in [-0.05, 0) is 48.0 Å². The second-order valence-corrected chi connectivity index (χ2v) is 8.63. The standard InChI is InChI=1S/C25H13ClF3N3O8/c26-16-8-12(1-4-18(16)40-19-5-2-13(25(27,28)29)9-17(19)32(36)37)7-15-22(33)30-24(35)31(23(15)34)14-3-6-20-21(10-14)39-11-38-20/h1-10H,11H2,(H,30,33,35)/b15-7+. The lowest BCUT2D eigenvalue weighted by Gasteiger charge is -2.26. The SMILES string of the molecule is O=C1NC(=O)N(c2ccc3c(c2)OCO3)C(=O)/C1=C/c1ccc(Oc2ccc(C(F)(F)F)cc2[N+](=O)[O-])c(Cl)c1. The molecule has 3 aromatic rings. The number of fused-ring (bicyclic) bond motifs is 1. The molecule has 15 heteroatoms. The van der Waals surface area contributed by atoms with E-state index in [0.717, 1.165) is 17.0 Å². The van der Waals surface area contributed by atoms with Gasteiger partial charge in [-0.3, -0.25) is 25.0 Å². The predicted octanol–water partition coefficient (Wildman–Crippen LogP) is 5.45. The Kier molecular flexibility index (Phi) is 6.55. The molecule has 0 aromatic heterocycles. The zero-order chi connectivity index (χ0) is 28.8. The van der Waals surface area contributed by atoms with Gasteiger partial charge in [-0.25, -0.2) is 9.69 Å². The van der Waals surface area contributed by atoms with E-state index in [0.29, 0.717) is 23.6 Å². The number of hydrogen-bond acceptors (Lipinski definition) is 8. The predicted molar refractivity (Wildman–Crippen MR) is 131 cm³/mol. The number of alkyl halides is 3. The van der Waals surface area contributed by atoms with Crippen LogP contribution in [0.15, 0.2) is 60.2 Å². The maximum Gasteiger partial charge on any atom is 0.416 e. The molecule has 0 bridgehead atoms. The number of nitrogens with one attached hydrogen (secondary N) is 1. The van der Waals surface area contributed by atoms with Crippen LogP contribution >= 0.6 is 11.6 Å². The van der Waals surface area contributed by atoms with Crippen molar-refractivity contribution in [3.63, 3.8) is 0 Å². The van der Waals surface area contributed by atoms with Crippen molar-refractivity contribution < 1.29 is 46.7 Å². The van der Waals surface area contributed by atoms with Crippen molar-refractivity contribution in [3.8, 4) is 23.0 Å². The first-order valence-electron chi connectivity index (χ1n) is 11.1. The number of urea groups is 1. The van der Waals surface area contributed by atoms with Gasteiger partial charge in [-0.15, -0.1) is 0 Å². The van der Waals surface area contributed by atoms with E-state index in [1.165, 1.54) is 36.4 Å². The van der Waals surface area contributed by atoms with Crippen LogP contribution in [0.1, 0.15) is 11.1 Å². The Hall–Kier alpha value is -5.11. The Bertz CT molecular complexity index is 1640. The molecule has 0 aliphatic carbocycles. The van der Waals surface area contributed by atoms with Gasteiger partial charge in [0.1, 0.15) is 11.3 Å². The number of anilines is 1. The first-order chi connectivity index (χ1) is 18.9. The van der Waals surface area contributed by atoms with Crippen LogP contribution in [0.5, 0.6) is 23.0 Å². The normalized spacial score (nSPS) is 15.8. The summed E-state index contributed by atoms with van der Waals surface area (Å²) in [4.78, 5) is 49.1. The zero-order valence-electron chi connectivity index (χ0n) is 19.7. The van der Waals surface area contributed by atoms with Crippen LogP contribution < -0.4 is 24.4 Å². The number of nitro benzene ring substituents is 1. The summed E-state index contributed by atoms with van der Waals surface area (Å²) in [5.41, 5.74) is -2.26. The fourth-order valence-electron chi connectivity index (χ4n) is 3.81. The molecule has 4 amide bonds. The second-order valence-electron chi connectivity index (χ2n) is 8.22. The minimum absolute atomic E-state index is 0.0325. The fraction of sp³-hybridized carbons (Fsp3) is 0.0800. The van der Waals surface area contributed by atoms with Crippen LogP contribution in [-0.4, -0.2) is 29.6 Å². The third-order valence-corrected chi connectivity index (χ3v) is 5.98. The average Bonchev–Trinajstić information content (AvgIpc) is 3.35. The molecule has 0 saturated carbocycles. The Labute approximate surface area is 226 Å². The third-order valence-electron chi connectivity index (χ3n) is 5.69. The maximum absolute atomic E-state index is 13.1. The van der Waals surface area contributed by atoms with Gasteiger partial charge in [0.2, 0.25) is 12.5 Å². The monoisotopic (exact) mass is 575 g/mol. The van der Waals surface area contributed by atoms with Crippen molar-refractivity contribution in [2.45, 2.75) is 6.18 Å². The minimum atomic E-state index is -4.80. The smallest absolute Gasteiger partial charge is 0.416 e. The van der Waals surface area contributed by atoms with E-state index in [1.807, 2.05) is 0 Å². The van der Waals surface area contributed by atoms with E-state index in [4.69, 9.17) is 25.8 Å². The number of imide groups is 2. The van der Waals surface area contributed by atoms with Gasteiger partial charge in [0.15, 0.2) is 11.5 Å². The molecular formula is C25H13ClF3N3O8. The lowest BCUT2D eigenvalue weighted by atomic mass is 10.1. The number of nitro groups is 1. The number of carbonyl (C=O) groups excluding carboxylic acids is 3. The zero-order valence-corrected chi connectivity index (χ0v) is 20.4. The number of benzene rings is 3. The van der Waals surface area contributed by atoms with Crippen LogP contribution in [0, 0.1) is 10.1 Å². The number of carbonyl (C=O) groups is 3. The number of barbiturate groups is 1. The van der Waals surface area contributed by atoms with Gasteiger partial charge in [-0.2, -0.15) is 13.2 Å². The highest BCUT2D eigenvalue weighted by Crippen LogP contribution is 2.40. The molecule has 11 nitrogen and oxygen atoms in total. The highest BCUT2D eigenvalue weighted by molar-refractivity contribution is 6.39. The van der Waals surface area contributed by atoms with Gasteiger partial charge in [0.05, 0.1) is 21.2 Å². The molecule has 0 radical (unpaired) electrons. The van der Waals surface area contributed by atoms with E-state index < -0.39 is 51.5 Å². The summed E-state index contributed by atoms with van der Waals surface area (Å²) < 4.78 is 54.8. The van der Waals surface area contributed by atoms with Crippen LogP contribution in [0.4, 0.5) is 29.3 Å². The lowest BCUT2D eigenvalue weighted by molar-refractivity contribution is -0.385. The molecule has 0 atom stereocenters. The molecule has 0 unspecified atom stereocenters. The van der Waals surface area contributed by atoms with Crippen molar-refractivity contribution in [1.29, 1.82) is 0 Å². The fourth-order valence-corrected chi connectivity index (χ4v) is 4.04. The minimum Gasteiger partial charge on any atom is -0.454 e. The summed E-state index contributed by atoms with van der Waals surface area (Å²) in [5, 5.41) is 13.3. The van der Waals surface area contributed by atoms with E-state index in [9.17, 15) is 37.7 Å². The average molecular weight is 576 g/mol. The number of amides is 4. The Morgan fingerprint density at radius 3 is 2.42 bits per heavy atom. The van der Waals surface area contributed by atoms with Gasteiger partial charge >= 0.3 is 17.9 Å². The lowest BCUT2D eigenvalue weighted by Crippen LogP contribution is -2.54. The summed E-state index contributed by atoms with van der Waals surface area (Å²) in [6.45, 7) is -0.0325. The first kappa shape index (κ1) is 26.5. The van der Waals surface area contributed by atoms with Gasteiger partial charge < -0.3 is 14.2 Å². The Morgan fingerprint density at radius 1 is 1.00 bits per heavy atom. The molecule has 5 rings (SSSR count). The molecule has 204 valence electrons. The molecule has 2 heterocycles. The van der Waals surface area contributed by atoms with E-state index in [1.54, 1.807) is 0 Å². The first-order valence-corrected chi connectivity index (χ1v) is 11.4. The molecule has 40 heavy (non-hydrogen) atoms. The summed E-state index contributed by atoms with van der Waals surface area (Å²) in [6, 6.07) is 8.93. The summed E-state index contributed by atoms with van der Waals surface area (Å²) >= 11 is 6.23. The topological polar surface area (TPSA) is 137 Å². The highest BCUT2D eigenvalue weighted by atomic mass is 35.5. The van der Waals surface area contributed by atoms with Crippen LogP contribution in [0.2, 0.25) is 5.02 Å². The largest absolute Gasteiger partial charge is 0.454 e. The number of nitrogens with zero attached hydrogens (tertiary/aromatic N) is 2. The number of rotatable bonds is 5. The summed E-state index contributed by atoms with van der Waals surface area (Å²) in [7, 11) is 0. The van der Waals surface area contributed by atoms with Gasteiger partial charge in [0, 0.05) is 12.1 Å². The van der Waals surface area contributed by atoms with Gasteiger partial charge in [0.25, 0.3) is 11.8 Å². The van der Waals surface area contributed by atoms with Crippen LogP contribution in [-0.2, 0) is 15.8 Å². The molecular weight excluding hydrogens is 563 g/mol. The number of hydrogen-bond donors (Lipinski definition) is 1. The Balaban J connectivity index is 1.42. The second kappa shape index (κ2) is 9.89. The Morgan fingerprint density at radius 2 is 1.73 bits per heavy atom. The van der Waals surface area contributed by atoms with E-state index in [2.05, 4.69) is 5.32 Å². The van der Waals surface area contributed by atoms with Crippen LogP contribution in [0.3, 0.4) is 0 Å². The molecule has 2 aliphatic rings. The third kappa shape index (κ3) is 4.99. The number of halogens is 4. The van der Waals surface area contributed by atoms with Crippen molar-refractivity contribution in [3.05, 3.63) is 86.4 Å². The van der Waals surface area contributed by atoms with Crippen molar-refractivity contribution in [2.75, 3.05) is 11.7 Å². The summed E-state index contributed by atoms with van der Waals surface area (Å²) in [5.74, 6) is -1.84. The highest BCUT2D eigenvalue weighted by Gasteiger charge is 2.37. The molecule has 1 fully saturated rings. The van der Waals surface area contributed by atoms with E-state index in [-0.39, 0.29) is 28.8 Å². The van der Waals surface area contributed by atoms with Crippen LogP contribution in [0.25, 0.3) is 6.08 Å². The molecule has 2 aliphatic heterocycles. The molecule has 3 aromatic carbocycles. The molecule has 1 saturated heterocycles. The quantitative estimate of drug-likeness (QED) is 0.183. The maximum atomic E-state index is 13.1. The summed E-state index contributed by atoms with van der Waals surface area (Å²) in [6.07, 6.45) is -3.65. The number of ether oxygens (including phenoxy) is 3.